The minimum Gasteiger partial charge on any atom is -0.493 e. The van der Waals surface area contributed by atoms with E-state index < -0.39 is 0 Å². The largest absolute Gasteiger partial charge is 0.493 e. The van der Waals surface area contributed by atoms with Crippen LogP contribution in [0.5, 0.6) is 11.5 Å². The molecule has 132 valence electrons. The zero-order chi connectivity index (χ0) is 17.4. The zero-order valence-electron chi connectivity index (χ0n) is 14.2. The molecule has 8 nitrogen and oxygen atoms in total. The second-order valence-corrected chi connectivity index (χ2v) is 6.17. The molecule has 0 saturated carbocycles. The third kappa shape index (κ3) is 2.62. The molecule has 0 unspecified atom stereocenters. The van der Waals surface area contributed by atoms with Crippen LogP contribution in [0, 0.1) is 0 Å². The first-order valence-electron chi connectivity index (χ1n) is 8.24. The van der Waals surface area contributed by atoms with Gasteiger partial charge in [0.05, 0.1) is 50.4 Å². The maximum absolute atomic E-state index is 13.1. The van der Waals surface area contributed by atoms with Gasteiger partial charge in [0, 0.05) is 13.1 Å². The molecule has 0 radical (unpaired) electrons. The first-order valence-corrected chi connectivity index (χ1v) is 8.24. The van der Waals surface area contributed by atoms with Crippen LogP contribution in [0.3, 0.4) is 0 Å². The zero-order valence-corrected chi connectivity index (χ0v) is 14.2. The summed E-state index contributed by atoms with van der Waals surface area (Å²) < 4.78 is 18.5. The Morgan fingerprint density at radius 2 is 2.20 bits per heavy atom. The van der Waals surface area contributed by atoms with E-state index in [2.05, 4.69) is 10.3 Å². The van der Waals surface area contributed by atoms with E-state index in [0.717, 1.165) is 12.1 Å². The van der Waals surface area contributed by atoms with Gasteiger partial charge in [-0.2, -0.15) is 0 Å². The number of likely N-dealkylation sites (tertiary alicyclic amines) is 1. The molecule has 1 fully saturated rings. The topological polar surface area (TPSA) is 78.7 Å². The lowest BCUT2D eigenvalue weighted by Crippen LogP contribution is -2.50. The van der Waals surface area contributed by atoms with Gasteiger partial charge in [-0.1, -0.05) is 11.3 Å². The Hall–Kier alpha value is -2.61. The predicted octanol–water partition coefficient (Wildman–Crippen LogP) is 1.28. The number of benzene rings is 1. The summed E-state index contributed by atoms with van der Waals surface area (Å²) in [6.07, 6.45) is 2.54. The molecule has 0 aliphatic carbocycles. The van der Waals surface area contributed by atoms with Crippen LogP contribution in [0.2, 0.25) is 0 Å². The molecule has 4 rings (SSSR count). The van der Waals surface area contributed by atoms with E-state index in [9.17, 15) is 4.79 Å². The average Bonchev–Trinajstić information content (AvgIpc) is 3.15. The van der Waals surface area contributed by atoms with Crippen molar-refractivity contribution in [2.24, 2.45) is 0 Å². The van der Waals surface area contributed by atoms with Crippen LogP contribution in [0.15, 0.2) is 24.4 Å². The first kappa shape index (κ1) is 15.9. The van der Waals surface area contributed by atoms with Gasteiger partial charge in [-0.25, -0.2) is 4.68 Å². The molecule has 25 heavy (non-hydrogen) atoms. The Bertz CT molecular complexity index is 791. The second kappa shape index (κ2) is 6.36. The normalized spacial score (nSPS) is 22.1. The monoisotopic (exact) mass is 344 g/mol. The van der Waals surface area contributed by atoms with Crippen LogP contribution in [-0.4, -0.2) is 59.2 Å². The van der Waals surface area contributed by atoms with Crippen LogP contribution in [0.1, 0.15) is 28.5 Å². The average molecular weight is 344 g/mol. The fraction of sp³-hybridized carbons (Fsp3) is 0.471. The van der Waals surface area contributed by atoms with E-state index in [4.69, 9.17) is 14.2 Å². The molecule has 1 aromatic carbocycles. The highest BCUT2D eigenvalue weighted by Crippen LogP contribution is 2.34. The van der Waals surface area contributed by atoms with Gasteiger partial charge in [-0.3, -0.25) is 4.79 Å². The van der Waals surface area contributed by atoms with Gasteiger partial charge >= 0.3 is 0 Å². The third-order valence-electron chi connectivity index (χ3n) is 4.85. The minimum atomic E-state index is -0.0820. The second-order valence-electron chi connectivity index (χ2n) is 6.17. The van der Waals surface area contributed by atoms with E-state index in [1.165, 1.54) is 7.11 Å². The molecular weight excluding hydrogens is 324 g/mol. The van der Waals surface area contributed by atoms with E-state index in [1.807, 2.05) is 9.58 Å². The molecule has 3 heterocycles. The maximum Gasteiger partial charge on any atom is 0.257 e. The van der Waals surface area contributed by atoms with E-state index in [-0.39, 0.29) is 18.1 Å². The molecule has 1 aromatic heterocycles. The summed E-state index contributed by atoms with van der Waals surface area (Å²) >= 11 is 0. The molecule has 2 aliphatic heterocycles. The van der Waals surface area contributed by atoms with Gasteiger partial charge in [0.15, 0.2) is 11.5 Å². The first-order chi connectivity index (χ1) is 12.2. The fourth-order valence-electron chi connectivity index (χ4n) is 3.59. The van der Waals surface area contributed by atoms with Crippen LogP contribution in [0.25, 0.3) is 0 Å². The number of methoxy groups -OCH3 is 2. The predicted molar refractivity (Wildman–Crippen MR) is 87.7 cm³/mol. The van der Waals surface area contributed by atoms with Crippen molar-refractivity contribution in [2.75, 3.05) is 27.3 Å². The van der Waals surface area contributed by atoms with E-state index >= 15 is 0 Å². The number of fused-ring (bicyclic) bond motifs is 3. The van der Waals surface area contributed by atoms with Gasteiger partial charge < -0.3 is 19.1 Å². The molecule has 2 atom stereocenters. The van der Waals surface area contributed by atoms with Crippen molar-refractivity contribution in [1.82, 2.24) is 19.9 Å². The van der Waals surface area contributed by atoms with Crippen molar-refractivity contribution in [1.29, 1.82) is 0 Å². The SMILES string of the molecule is COc1cccc(C(=O)N2CC[C@@H]3OCc4cnnn4[C@@H]3C2)c1OC. The summed E-state index contributed by atoms with van der Waals surface area (Å²) in [4.78, 5) is 14.9. The summed E-state index contributed by atoms with van der Waals surface area (Å²) in [7, 11) is 3.10. The summed E-state index contributed by atoms with van der Waals surface area (Å²) in [6, 6.07) is 5.31. The quantitative estimate of drug-likeness (QED) is 0.835. The number of carbonyl (C=O) groups excluding carboxylic acids is 1. The molecule has 0 bridgehead atoms. The maximum atomic E-state index is 13.1. The van der Waals surface area contributed by atoms with E-state index in [1.54, 1.807) is 31.5 Å². The van der Waals surface area contributed by atoms with Gasteiger partial charge in [0.1, 0.15) is 0 Å². The van der Waals surface area contributed by atoms with Crippen LogP contribution >= 0.6 is 0 Å². The molecule has 0 spiro atoms. The Kier molecular flexibility index (Phi) is 4.04. The standard InChI is InChI=1S/C17H20N4O4/c1-23-15-5-3-4-12(16(15)24-2)17(22)20-7-6-14-13(9-20)21-11(10-25-14)8-18-19-21/h3-5,8,13-14H,6-7,9-10H2,1-2H3/t13-,14+/m1/s1. The number of aromatic nitrogens is 3. The summed E-state index contributed by atoms with van der Waals surface area (Å²) in [5.74, 6) is 0.919. The van der Waals surface area contributed by atoms with Crippen molar-refractivity contribution >= 4 is 5.91 Å². The van der Waals surface area contributed by atoms with Crippen molar-refractivity contribution < 1.29 is 19.0 Å². The highest BCUT2D eigenvalue weighted by molar-refractivity contribution is 5.98. The number of nitrogens with zero attached hydrogens (tertiary/aromatic N) is 4. The summed E-state index contributed by atoms with van der Waals surface area (Å²) in [5, 5.41) is 8.14. The Morgan fingerprint density at radius 3 is 3.00 bits per heavy atom. The lowest BCUT2D eigenvalue weighted by molar-refractivity contribution is -0.0605. The van der Waals surface area contributed by atoms with Crippen LogP contribution in [-0.2, 0) is 11.3 Å². The van der Waals surface area contributed by atoms with Crippen molar-refractivity contribution in [3.63, 3.8) is 0 Å². The number of piperidine rings is 1. The summed E-state index contributed by atoms with van der Waals surface area (Å²) in [5.41, 5.74) is 1.44. The smallest absolute Gasteiger partial charge is 0.257 e. The number of hydrogen-bond donors (Lipinski definition) is 0. The minimum absolute atomic E-state index is 0.0134. The third-order valence-corrected chi connectivity index (χ3v) is 4.85. The molecule has 0 N–H and O–H groups in total. The molecular formula is C17H20N4O4. The number of amides is 1. The van der Waals surface area contributed by atoms with Crippen LogP contribution < -0.4 is 9.47 Å². The lowest BCUT2D eigenvalue weighted by atomic mass is 9.99. The van der Waals surface area contributed by atoms with Gasteiger partial charge in [0.2, 0.25) is 0 Å². The van der Waals surface area contributed by atoms with Gasteiger partial charge in [-0.15, -0.1) is 5.10 Å². The fourth-order valence-corrected chi connectivity index (χ4v) is 3.59. The molecule has 1 saturated heterocycles. The summed E-state index contributed by atoms with van der Waals surface area (Å²) in [6.45, 7) is 1.68. The van der Waals surface area contributed by atoms with Crippen LogP contribution in [0.4, 0.5) is 0 Å². The van der Waals surface area contributed by atoms with Crippen molar-refractivity contribution in [3.8, 4) is 11.5 Å². The molecule has 2 aliphatic rings. The highest BCUT2D eigenvalue weighted by atomic mass is 16.5. The lowest BCUT2D eigenvalue weighted by Gasteiger charge is -2.41. The molecule has 1 amide bonds. The number of para-hydroxylation sites is 1. The Labute approximate surface area is 145 Å². The Morgan fingerprint density at radius 1 is 1.32 bits per heavy atom. The van der Waals surface area contributed by atoms with Gasteiger partial charge in [-0.05, 0) is 18.6 Å². The number of rotatable bonds is 3. The molecule has 8 heteroatoms. The van der Waals surface area contributed by atoms with E-state index in [0.29, 0.717) is 36.8 Å². The van der Waals surface area contributed by atoms with Gasteiger partial charge in [0.25, 0.3) is 5.91 Å². The number of hydrogen-bond acceptors (Lipinski definition) is 6. The molecule has 2 aromatic rings. The van der Waals surface area contributed by atoms with Crippen molar-refractivity contribution in [2.45, 2.75) is 25.2 Å². The Balaban J connectivity index is 1.61. The number of ether oxygens (including phenoxy) is 3. The highest BCUT2D eigenvalue weighted by Gasteiger charge is 2.38. The number of carbonyl (C=O) groups is 1. The van der Waals surface area contributed by atoms with Crippen molar-refractivity contribution in [3.05, 3.63) is 35.7 Å².